The molecule has 1 aliphatic carbocycles. The quantitative estimate of drug-likeness (QED) is 0.806. The summed E-state index contributed by atoms with van der Waals surface area (Å²) >= 11 is 1.62. The van der Waals surface area contributed by atoms with Crippen molar-refractivity contribution in [2.45, 2.75) is 50.9 Å². The van der Waals surface area contributed by atoms with E-state index in [0.29, 0.717) is 13.2 Å². The van der Waals surface area contributed by atoms with Gasteiger partial charge in [0.15, 0.2) is 0 Å². The fourth-order valence-electron chi connectivity index (χ4n) is 3.15. The number of nitrogens with one attached hydrogen (secondary N) is 1. The summed E-state index contributed by atoms with van der Waals surface area (Å²) in [6.45, 7) is 4.99. The van der Waals surface area contributed by atoms with Crippen molar-refractivity contribution in [3.8, 4) is 0 Å². The molecule has 0 fully saturated rings. The molecule has 0 amide bonds. The maximum absolute atomic E-state index is 10.3. The van der Waals surface area contributed by atoms with Crippen LogP contribution >= 0.6 is 11.3 Å². The number of rotatable bonds is 7. The monoisotopic (exact) mass is 346 g/mol. The Bertz CT molecular complexity index is 643. The van der Waals surface area contributed by atoms with Gasteiger partial charge in [0, 0.05) is 18.1 Å². The van der Waals surface area contributed by atoms with Gasteiger partial charge in [-0.05, 0) is 44.2 Å². The first kappa shape index (κ1) is 17.5. The van der Waals surface area contributed by atoms with Gasteiger partial charge in [0.2, 0.25) is 0 Å². The van der Waals surface area contributed by atoms with Crippen LogP contribution in [-0.4, -0.2) is 29.3 Å². The van der Waals surface area contributed by atoms with Gasteiger partial charge in [-0.15, -0.1) is 11.3 Å². The van der Waals surface area contributed by atoms with Crippen LogP contribution in [0.5, 0.6) is 0 Å². The Morgan fingerprint density at radius 3 is 3.04 bits per heavy atom. The van der Waals surface area contributed by atoms with E-state index in [2.05, 4.69) is 48.4 Å². The molecule has 0 saturated carbocycles. The summed E-state index contributed by atoms with van der Waals surface area (Å²) in [5.41, 5.74) is 2.42. The zero-order chi connectivity index (χ0) is 17.0. The minimum Gasteiger partial charge on any atom is -0.389 e. The van der Waals surface area contributed by atoms with E-state index >= 15 is 0 Å². The highest BCUT2D eigenvalue weighted by molar-refractivity contribution is 7.09. The van der Waals surface area contributed by atoms with Crippen molar-refractivity contribution >= 4 is 11.3 Å². The summed E-state index contributed by atoms with van der Waals surface area (Å²) in [6.07, 6.45) is 4.69. The summed E-state index contributed by atoms with van der Waals surface area (Å²) in [7, 11) is 0. The number of hydrogen-bond donors (Lipinski definition) is 2. The minimum absolute atomic E-state index is 0.108. The zero-order valence-corrected chi connectivity index (χ0v) is 15.2. The van der Waals surface area contributed by atoms with Crippen molar-refractivity contribution < 1.29 is 9.84 Å². The van der Waals surface area contributed by atoms with Crippen LogP contribution in [0.1, 0.15) is 48.9 Å². The Morgan fingerprint density at radius 1 is 1.42 bits per heavy atom. The molecule has 24 heavy (non-hydrogen) atoms. The highest BCUT2D eigenvalue weighted by atomic mass is 32.1. The lowest BCUT2D eigenvalue weighted by Crippen LogP contribution is -2.42. The van der Waals surface area contributed by atoms with Crippen molar-refractivity contribution in [3.05, 3.63) is 52.0 Å². The van der Waals surface area contributed by atoms with Gasteiger partial charge in [-0.25, -0.2) is 4.98 Å². The highest BCUT2D eigenvalue weighted by Crippen LogP contribution is 2.32. The second-order valence-corrected chi connectivity index (χ2v) is 7.80. The number of ether oxygens (including phenoxy) is 1. The number of benzene rings is 1. The van der Waals surface area contributed by atoms with Gasteiger partial charge in [-0.3, -0.25) is 0 Å². The molecule has 1 aromatic heterocycles. The molecule has 5 heteroatoms. The second kappa shape index (κ2) is 7.74. The number of aliphatic hydroxyl groups is 1. The first-order chi connectivity index (χ1) is 11.6. The van der Waals surface area contributed by atoms with E-state index in [4.69, 9.17) is 4.74 Å². The molecule has 2 atom stereocenters. The average molecular weight is 346 g/mol. The number of fused-ring (bicyclic) bond motifs is 1. The van der Waals surface area contributed by atoms with E-state index in [9.17, 15) is 5.11 Å². The zero-order valence-electron chi connectivity index (χ0n) is 14.4. The van der Waals surface area contributed by atoms with Gasteiger partial charge in [-0.1, -0.05) is 24.3 Å². The van der Waals surface area contributed by atoms with E-state index in [1.165, 1.54) is 11.1 Å². The normalized spacial score (nSPS) is 19.0. The predicted molar refractivity (Wildman–Crippen MR) is 97.2 cm³/mol. The molecular formula is C19H26N2O2S. The molecule has 1 aromatic carbocycles. The maximum atomic E-state index is 10.3. The van der Waals surface area contributed by atoms with Crippen LogP contribution in [-0.2, 0) is 16.7 Å². The van der Waals surface area contributed by atoms with E-state index < -0.39 is 6.10 Å². The topological polar surface area (TPSA) is 54.4 Å². The molecule has 1 heterocycles. The Hall–Kier alpha value is -1.27. The minimum atomic E-state index is -0.529. The molecule has 2 unspecified atom stereocenters. The lowest BCUT2D eigenvalue weighted by molar-refractivity contribution is -0.0185. The number of nitrogens with zero attached hydrogens (tertiary/aromatic N) is 1. The maximum Gasteiger partial charge on any atom is 0.112 e. The van der Waals surface area contributed by atoms with Crippen molar-refractivity contribution in [1.82, 2.24) is 10.3 Å². The molecule has 0 aliphatic heterocycles. The number of hydrogen-bond acceptors (Lipinski definition) is 5. The van der Waals surface area contributed by atoms with E-state index in [0.717, 1.165) is 24.3 Å². The van der Waals surface area contributed by atoms with Crippen molar-refractivity contribution in [2.24, 2.45) is 0 Å². The van der Waals surface area contributed by atoms with Crippen molar-refractivity contribution in [3.63, 3.8) is 0 Å². The number of thiazole rings is 1. The fourth-order valence-corrected chi connectivity index (χ4v) is 3.89. The average Bonchev–Trinajstić information content (AvgIpc) is 3.14. The van der Waals surface area contributed by atoms with E-state index in [1.807, 2.05) is 11.6 Å². The van der Waals surface area contributed by atoms with Gasteiger partial charge in [-0.2, -0.15) is 0 Å². The molecule has 1 aliphatic rings. The van der Waals surface area contributed by atoms with Gasteiger partial charge in [0.05, 0.1) is 24.4 Å². The molecule has 0 radical (unpaired) electrons. The van der Waals surface area contributed by atoms with Crippen molar-refractivity contribution in [1.29, 1.82) is 0 Å². The first-order valence-electron chi connectivity index (χ1n) is 8.59. The molecule has 4 nitrogen and oxygen atoms in total. The van der Waals surface area contributed by atoms with Gasteiger partial charge >= 0.3 is 0 Å². The van der Waals surface area contributed by atoms with Gasteiger partial charge < -0.3 is 15.2 Å². The molecule has 2 N–H and O–H groups in total. The number of aromatic nitrogens is 1. The highest BCUT2D eigenvalue weighted by Gasteiger charge is 2.25. The Labute approximate surface area is 147 Å². The standard InChI is InChI=1S/C19H26N2O2S/c1-19(2,18-20-10-11-24-18)21-12-15(22)13-23-17-9-5-7-14-6-3-4-8-16(14)17/h3-4,6,8,10-11,15,17,21-22H,5,7,9,12-13H2,1-2H3. The van der Waals surface area contributed by atoms with E-state index in [-0.39, 0.29) is 11.6 Å². The SMILES string of the molecule is CC(C)(NCC(O)COC1CCCc2ccccc21)c1nccs1. The van der Waals surface area contributed by atoms with Crippen LogP contribution in [0.4, 0.5) is 0 Å². The molecule has 130 valence electrons. The number of aliphatic hydroxyl groups excluding tert-OH is 1. The third-order valence-corrected chi connectivity index (χ3v) is 5.65. The summed E-state index contributed by atoms with van der Waals surface area (Å²) < 4.78 is 6.02. The first-order valence-corrected chi connectivity index (χ1v) is 9.47. The molecule has 0 bridgehead atoms. The Kier molecular flexibility index (Phi) is 5.66. The second-order valence-electron chi connectivity index (χ2n) is 6.91. The summed E-state index contributed by atoms with van der Waals surface area (Å²) in [4.78, 5) is 4.35. The van der Waals surface area contributed by atoms with Crippen LogP contribution in [0.15, 0.2) is 35.8 Å². The molecule has 2 aromatic rings. The van der Waals surface area contributed by atoms with Crippen LogP contribution in [0.3, 0.4) is 0 Å². The summed E-state index contributed by atoms with van der Waals surface area (Å²) in [5, 5.41) is 16.7. The predicted octanol–water partition coefficient (Wildman–Crippen LogP) is 3.42. The van der Waals surface area contributed by atoms with Crippen LogP contribution in [0.25, 0.3) is 0 Å². The van der Waals surface area contributed by atoms with Crippen LogP contribution < -0.4 is 5.32 Å². The molecule has 0 saturated heterocycles. The summed E-state index contributed by atoms with van der Waals surface area (Å²) in [5.74, 6) is 0. The van der Waals surface area contributed by atoms with Gasteiger partial charge in [0.25, 0.3) is 0 Å². The van der Waals surface area contributed by atoms with Crippen LogP contribution in [0.2, 0.25) is 0 Å². The fraction of sp³-hybridized carbons (Fsp3) is 0.526. The third kappa shape index (κ3) is 4.22. The lowest BCUT2D eigenvalue weighted by atomic mass is 9.89. The van der Waals surface area contributed by atoms with Crippen molar-refractivity contribution in [2.75, 3.05) is 13.2 Å². The molecule has 3 rings (SSSR count). The molecule has 0 spiro atoms. The van der Waals surface area contributed by atoms with Crippen LogP contribution in [0, 0.1) is 0 Å². The summed E-state index contributed by atoms with van der Waals surface area (Å²) in [6, 6.07) is 8.48. The van der Waals surface area contributed by atoms with Gasteiger partial charge in [0.1, 0.15) is 5.01 Å². The smallest absolute Gasteiger partial charge is 0.112 e. The lowest BCUT2D eigenvalue weighted by Gasteiger charge is -2.28. The molecular weight excluding hydrogens is 320 g/mol. The largest absolute Gasteiger partial charge is 0.389 e. The third-order valence-electron chi connectivity index (χ3n) is 4.55. The Morgan fingerprint density at radius 2 is 2.25 bits per heavy atom. The Balaban J connectivity index is 1.49. The number of aryl methyl sites for hydroxylation is 1. The van der Waals surface area contributed by atoms with E-state index in [1.54, 1.807) is 11.3 Å².